The number of hydrogen-bond donors (Lipinski definition) is 4. The molecule has 244 valence electrons. The second-order valence-corrected chi connectivity index (χ2v) is 11.9. The van der Waals surface area contributed by atoms with Crippen LogP contribution >= 0.6 is 0 Å². The van der Waals surface area contributed by atoms with Gasteiger partial charge in [0.05, 0.1) is 18.1 Å². The molecule has 6 rings (SSSR count). The van der Waals surface area contributed by atoms with Gasteiger partial charge in [0.2, 0.25) is 0 Å². The Kier molecular flexibility index (Phi) is 9.82. The number of aromatic nitrogens is 3. The summed E-state index contributed by atoms with van der Waals surface area (Å²) in [6.07, 6.45) is 7.75. The van der Waals surface area contributed by atoms with Crippen molar-refractivity contribution in [3.8, 4) is 17.1 Å². The van der Waals surface area contributed by atoms with Gasteiger partial charge in [-0.3, -0.25) is 9.59 Å². The zero-order valence-corrected chi connectivity index (χ0v) is 26.5. The molecule has 1 aliphatic rings. The third-order valence-corrected chi connectivity index (χ3v) is 8.73. The molecular weight excluding hydrogens is 596 g/mol. The summed E-state index contributed by atoms with van der Waals surface area (Å²) in [7, 11) is 1.32. The van der Waals surface area contributed by atoms with Crippen LogP contribution in [-0.4, -0.2) is 65.2 Å². The second-order valence-electron chi connectivity index (χ2n) is 11.9. The first kappa shape index (κ1) is 31.8. The lowest BCUT2D eigenvalue weighted by atomic mass is 9.94. The van der Waals surface area contributed by atoms with Gasteiger partial charge in [-0.25, -0.2) is 9.78 Å². The minimum atomic E-state index is -0.870. The molecule has 0 spiro atoms. The van der Waals surface area contributed by atoms with Gasteiger partial charge in [0.25, 0.3) is 11.8 Å². The number of benzene rings is 3. The van der Waals surface area contributed by atoms with Crippen molar-refractivity contribution in [3.05, 3.63) is 84.1 Å². The van der Waals surface area contributed by atoms with Crippen LogP contribution in [0.3, 0.4) is 0 Å². The molecule has 2 amide bonds. The number of methoxy groups -OCH3 is 1. The molecule has 0 bridgehead atoms. The van der Waals surface area contributed by atoms with Gasteiger partial charge in [-0.2, -0.15) is 0 Å². The van der Waals surface area contributed by atoms with Crippen LogP contribution in [0, 0.1) is 0 Å². The van der Waals surface area contributed by atoms with Gasteiger partial charge in [0.1, 0.15) is 17.6 Å². The van der Waals surface area contributed by atoms with Crippen molar-refractivity contribution in [1.82, 2.24) is 25.2 Å². The first-order valence-electron chi connectivity index (χ1n) is 16.1. The maximum Gasteiger partial charge on any atom is 0.328 e. The van der Waals surface area contributed by atoms with Crippen molar-refractivity contribution in [2.45, 2.75) is 50.6 Å². The molecule has 5 aromatic rings. The number of carbonyl (C=O) groups is 3. The molecule has 0 unspecified atom stereocenters. The number of ether oxygens (including phenoxy) is 2. The summed E-state index contributed by atoms with van der Waals surface area (Å²) < 4.78 is 13.0. The van der Waals surface area contributed by atoms with Gasteiger partial charge in [-0.1, -0.05) is 37.5 Å². The van der Waals surface area contributed by atoms with E-state index in [1.165, 1.54) is 13.5 Å². The summed E-state index contributed by atoms with van der Waals surface area (Å²) in [4.78, 5) is 46.5. The standard InChI is InChI=1S/C36H40N6O5/c1-46-36(45)31(20-25-21-39-29-10-6-5-9-28(25)29)41-35(44)24-13-16-32-30(19-24)40-34(42(32)26-7-3-2-4-8-26)23-11-14-27(15-12-23)47-22-33(43)38-18-17-37/h5-6,9-16,19,21,26,31,39H,2-4,7-8,17-18,20,22,37H2,1H3,(H,38,43)(H,41,44)/t31-/m0/s1. The second kappa shape index (κ2) is 14.5. The van der Waals surface area contributed by atoms with Crippen molar-refractivity contribution in [1.29, 1.82) is 0 Å². The quantitative estimate of drug-likeness (QED) is 0.145. The first-order chi connectivity index (χ1) is 22.9. The molecule has 11 heteroatoms. The largest absolute Gasteiger partial charge is 0.484 e. The van der Waals surface area contributed by atoms with E-state index in [2.05, 4.69) is 20.2 Å². The van der Waals surface area contributed by atoms with E-state index in [-0.39, 0.29) is 30.9 Å². The number of nitrogens with one attached hydrogen (secondary N) is 3. The Morgan fingerprint density at radius 3 is 2.60 bits per heavy atom. The summed E-state index contributed by atoms with van der Waals surface area (Å²) in [6, 6.07) is 20.3. The Balaban J connectivity index is 1.26. The molecule has 3 aromatic carbocycles. The molecular formula is C36H40N6O5. The number of hydrogen-bond acceptors (Lipinski definition) is 7. The van der Waals surface area contributed by atoms with E-state index in [0.29, 0.717) is 29.9 Å². The number of para-hydroxylation sites is 1. The molecule has 2 heterocycles. The van der Waals surface area contributed by atoms with Crippen molar-refractivity contribution >= 4 is 39.7 Å². The van der Waals surface area contributed by atoms with Crippen LogP contribution in [0.2, 0.25) is 0 Å². The molecule has 11 nitrogen and oxygen atoms in total. The predicted octanol–water partition coefficient (Wildman–Crippen LogP) is 4.66. The summed E-state index contributed by atoms with van der Waals surface area (Å²) in [5.74, 6) is 0.256. The Morgan fingerprint density at radius 1 is 1.04 bits per heavy atom. The highest BCUT2D eigenvalue weighted by atomic mass is 16.5. The zero-order valence-electron chi connectivity index (χ0n) is 26.5. The van der Waals surface area contributed by atoms with E-state index in [1.807, 2.05) is 60.8 Å². The Labute approximate surface area is 272 Å². The molecule has 5 N–H and O–H groups in total. The fraction of sp³-hybridized carbons (Fsp3) is 0.333. The van der Waals surface area contributed by atoms with E-state index in [1.54, 1.807) is 12.1 Å². The number of aromatic amines is 1. The minimum Gasteiger partial charge on any atom is -0.484 e. The minimum absolute atomic E-state index is 0.0939. The number of nitrogens with zero attached hydrogens (tertiary/aromatic N) is 2. The third-order valence-electron chi connectivity index (χ3n) is 8.73. The molecule has 47 heavy (non-hydrogen) atoms. The summed E-state index contributed by atoms with van der Waals surface area (Å²) in [5.41, 5.74) is 10.3. The van der Waals surface area contributed by atoms with E-state index in [0.717, 1.165) is 59.1 Å². The highest BCUT2D eigenvalue weighted by Crippen LogP contribution is 2.36. The lowest BCUT2D eigenvalue weighted by Gasteiger charge is -2.25. The number of amides is 2. The van der Waals surface area contributed by atoms with E-state index in [9.17, 15) is 14.4 Å². The Hall–Kier alpha value is -5.16. The smallest absolute Gasteiger partial charge is 0.328 e. The molecule has 0 aliphatic heterocycles. The van der Waals surface area contributed by atoms with E-state index in [4.69, 9.17) is 20.2 Å². The number of carbonyl (C=O) groups excluding carboxylic acids is 3. The summed E-state index contributed by atoms with van der Waals surface area (Å²) in [5, 5.41) is 6.58. The van der Waals surface area contributed by atoms with Gasteiger partial charge < -0.3 is 35.4 Å². The maximum absolute atomic E-state index is 13.6. The highest BCUT2D eigenvalue weighted by molar-refractivity contribution is 6.00. The number of nitrogens with two attached hydrogens (primary N) is 1. The average Bonchev–Trinajstić information content (AvgIpc) is 3.71. The fourth-order valence-electron chi connectivity index (χ4n) is 6.36. The van der Waals surface area contributed by atoms with E-state index < -0.39 is 12.0 Å². The van der Waals surface area contributed by atoms with E-state index >= 15 is 0 Å². The Morgan fingerprint density at radius 2 is 1.83 bits per heavy atom. The van der Waals surface area contributed by atoms with Crippen molar-refractivity contribution in [2.24, 2.45) is 5.73 Å². The van der Waals surface area contributed by atoms with Crippen molar-refractivity contribution in [3.63, 3.8) is 0 Å². The van der Waals surface area contributed by atoms with Crippen LogP contribution in [0.4, 0.5) is 0 Å². The normalized spacial score (nSPS) is 14.2. The third kappa shape index (κ3) is 7.15. The summed E-state index contributed by atoms with van der Waals surface area (Å²) in [6.45, 7) is 0.677. The number of esters is 1. The molecule has 0 radical (unpaired) electrons. The maximum atomic E-state index is 13.6. The topological polar surface area (TPSA) is 153 Å². The number of H-pyrrole nitrogens is 1. The molecule has 1 fully saturated rings. The zero-order chi connectivity index (χ0) is 32.8. The van der Waals surface area contributed by atoms with Gasteiger partial charge >= 0.3 is 5.97 Å². The predicted molar refractivity (Wildman–Crippen MR) is 180 cm³/mol. The van der Waals surface area contributed by atoms with Crippen molar-refractivity contribution < 1.29 is 23.9 Å². The van der Waals surface area contributed by atoms with Crippen LogP contribution in [-0.2, 0) is 20.7 Å². The lowest BCUT2D eigenvalue weighted by molar-refractivity contribution is -0.142. The SMILES string of the molecule is COC(=O)[C@H](Cc1c[nH]c2ccccc12)NC(=O)c1ccc2c(c1)nc(-c1ccc(OCC(=O)NCCN)cc1)n2C1CCCCC1. The Bertz CT molecular complexity index is 1870. The van der Waals surface area contributed by atoms with Crippen LogP contribution < -0.4 is 21.1 Å². The van der Waals surface area contributed by atoms with Gasteiger partial charge in [-0.05, 0) is 66.9 Å². The molecule has 1 aliphatic carbocycles. The van der Waals surface area contributed by atoms with Crippen LogP contribution in [0.5, 0.6) is 5.75 Å². The number of rotatable bonds is 12. The lowest BCUT2D eigenvalue weighted by Crippen LogP contribution is -2.43. The monoisotopic (exact) mass is 636 g/mol. The van der Waals surface area contributed by atoms with Crippen LogP contribution in [0.1, 0.15) is 54.1 Å². The van der Waals surface area contributed by atoms with Gasteiger partial charge in [0.15, 0.2) is 6.61 Å². The average molecular weight is 637 g/mol. The molecule has 2 aromatic heterocycles. The molecule has 1 atom stereocenters. The highest BCUT2D eigenvalue weighted by Gasteiger charge is 2.26. The first-order valence-corrected chi connectivity index (χ1v) is 16.1. The number of imidazole rings is 1. The fourth-order valence-corrected chi connectivity index (χ4v) is 6.36. The van der Waals surface area contributed by atoms with Gasteiger partial charge in [-0.15, -0.1) is 0 Å². The molecule has 1 saturated carbocycles. The number of fused-ring (bicyclic) bond motifs is 2. The molecule has 0 saturated heterocycles. The summed E-state index contributed by atoms with van der Waals surface area (Å²) >= 11 is 0. The van der Waals surface area contributed by atoms with Crippen molar-refractivity contribution in [2.75, 3.05) is 26.8 Å². The van der Waals surface area contributed by atoms with Crippen LogP contribution in [0.25, 0.3) is 33.3 Å². The van der Waals surface area contributed by atoms with Crippen LogP contribution in [0.15, 0.2) is 72.9 Å². The van der Waals surface area contributed by atoms with Gasteiger partial charge in [0, 0.05) is 53.8 Å².